The van der Waals surface area contributed by atoms with Crippen LogP contribution in [0.5, 0.6) is 17.2 Å². The number of likely N-dealkylation sites (tertiary alicyclic amines) is 1. The minimum absolute atomic E-state index is 0.0121. The first-order valence-corrected chi connectivity index (χ1v) is 10.7. The number of methoxy groups -OCH3 is 2. The number of carbonyl (C=O) groups excluding carboxylic acids is 2. The number of rotatable bonds is 9. The predicted octanol–water partition coefficient (Wildman–Crippen LogP) is 4.32. The summed E-state index contributed by atoms with van der Waals surface area (Å²) < 4.78 is 16.3. The van der Waals surface area contributed by atoms with E-state index in [0.29, 0.717) is 36.0 Å². The lowest BCUT2D eigenvalue weighted by molar-refractivity contribution is -0.139. The maximum absolute atomic E-state index is 13.1. The third-order valence-corrected chi connectivity index (χ3v) is 5.46. The van der Waals surface area contributed by atoms with Crippen molar-refractivity contribution in [2.75, 3.05) is 27.4 Å². The normalized spacial score (nSPS) is 17.5. The minimum Gasteiger partial charge on any atom is -0.506 e. The van der Waals surface area contributed by atoms with Gasteiger partial charge in [0.25, 0.3) is 11.7 Å². The fourth-order valence-electron chi connectivity index (χ4n) is 3.92. The maximum Gasteiger partial charge on any atom is 0.295 e. The SMILES string of the molecule is CCCCN1C(=O)C(=O)/C(=C(/O)c2c(OC)cccc2OC)C1c1ccc(OCC)cc1. The van der Waals surface area contributed by atoms with E-state index in [0.717, 1.165) is 12.8 Å². The Labute approximate surface area is 188 Å². The van der Waals surface area contributed by atoms with E-state index in [-0.39, 0.29) is 16.9 Å². The number of hydrogen-bond acceptors (Lipinski definition) is 6. The van der Waals surface area contributed by atoms with Crippen molar-refractivity contribution in [2.24, 2.45) is 0 Å². The molecule has 0 radical (unpaired) electrons. The quantitative estimate of drug-likeness (QED) is 0.356. The molecule has 1 aliphatic rings. The summed E-state index contributed by atoms with van der Waals surface area (Å²) in [5, 5.41) is 11.3. The van der Waals surface area contributed by atoms with Crippen LogP contribution in [-0.4, -0.2) is 49.1 Å². The molecule has 170 valence electrons. The van der Waals surface area contributed by atoms with Crippen LogP contribution >= 0.6 is 0 Å². The predicted molar refractivity (Wildman–Crippen MR) is 121 cm³/mol. The molecule has 1 unspecified atom stereocenters. The van der Waals surface area contributed by atoms with E-state index in [1.165, 1.54) is 19.1 Å². The molecule has 3 rings (SSSR count). The number of amides is 1. The Hall–Kier alpha value is -3.48. The molecule has 0 bridgehead atoms. The third-order valence-electron chi connectivity index (χ3n) is 5.46. The molecule has 0 spiro atoms. The molecule has 0 aromatic heterocycles. The van der Waals surface area contributed by atoms with E-state index >= 15 is 0 Å². The Morgan fingerprint density at radius 3 is 2.16 bits per heavy atom. The first-order chi connectivity index (χ1) is 15.5. The topological polar surface area (TPSA) is 85.3 Å². The summed E-state index contributed by atoms with van der Waals surface area (Å²) in [4.78, 5) is 27.6. The molecule has 1 fully saturated rings. The second-order valence-corrected chi connectivity index (χ2v) is 7.39. The second-order valence-electron chi connectivity index (χ2n) is 7.39. The molecule has 7 heteroatoms. The highest BCUT2D eigenvalue weighted by Crippen LogP contribution is 2.43. The van der Waals surface area contributed by atoms with Crippen LogP contribution in [0, 0.1) is 0 Å². The van der Waals surface area contributed by atoms with Crippen molar-refractivity contribution in [3.63, 3.8) is 0 Å². The molecule has 2 aromatic rings. The van der Waals surface area contributed by atoms with Crippen molar-refractivity contribution in [1.29, 1.82) is 0 Å². The van der Waals surface area contributed by atoms with Gasteiger partial charge in [0.05, 0.1) is 32.4 Å². The highest BCUT2D eigenvalue weighted by Gasteiger charge is 2.46. The van der Waals surface area contributed by atoms with Gasteiger partial charge in [-0.1, -0.05) is 31.5 Å². The van der Waals surface area contributed by atoms with E-state index in [1.807, 2.05) is 26.0 Å². The molecule has 7 nitrogen and oxygen atoms in total. The molecule has 1 amide bonds. The molecule has 32 heavy (non-hydrogen) atoms. The minimum atomic E-state index is -0.731. The average Bonchev–Trinajstić information content (AvgIpc) is 3.07. The molecule has 0 saturated carbocycles. The van der Waals surface area contributed by atoms with Gasteiger partial charge >= 0.3 is 0 Å². The number of aliphatic hydroxyl groups excluding tert-OH is 1. The molecule has 1 aliphatic heterocycles. The average molecular weight is 440 g/mol. The van der Waals surface area contributed by atoms with Crippen LogP contribution in [0.3, 0.4) is 0 Å². The summed E-state index contributed by atoms with van der Waals surface area (Å²) in [6.45, 7) is 4.84. The van der Waals surface area contributed by atoms with Crippen LogP contribution in [0.4, 0.5) is 0 Å². The van der Waals surface area contributed by atoms with Crippen LogP contribution in [0.25, 0.3) is 5.76 Å². The summed E-state index contributed by atoms with van der Waals surface area (Å²) in [7, 11) is 2.94. The monoisotopic (exact) mass is 439 g/mol. The number of aliphatic hydroxyl groups is 1. The zero-order valence-electron chi connectivity index (χ0n) is 18.9. The zero-order chi connectivity index (χ0) is 23.3. The third kappa shape index (κ3) is 4.28. The maximum atomic E-state index is 13.1. The first-order valence-electron chi connectivity index (χ1n) is 10.7. The van der Waals surface area contributed by atoms with Gasteiger partial charge in [-0.3, -0.25) is 9.59 Å². The molecule has 1 saturated heterocycles. The Morgan fingerprint density at radius 2 is 1.62 bits per heavy atom. The number of unbranched alkanes of at least 4 members (excludes halogenated alkanes) is 1. The van der Waals surface area contributed by atoms with Gasteiger partial charge in [0.2, 0.25) is 0 Å². The number of nitrogens with zero attached hydrogens (tertiary/aromatic N) is 1. The van der Waals surface area contributed by atoms with E-state index in [1.54, 1.807) is 30.3 Å². The summed E-state index contributed by atoms with van der Waals surface area (Å²) in [5.41, 5.74) is 0.958. The van der Waals surface area contributed by atoms with Crippen molar-refractivity contribution >= 4 is 17.4 Å². The fraction of sp³-hybridized carbons (Fsp3) is 0.360. The van der Waals surface area contributed by atoms with Gasteiger partial charge in [-0.05, 0) is 43.2 Å². The zero-order valence-corrected chi connectivity index (χ0v) is 18.9. The number of ketones is 1. The summed E-state index contributed by atoms with van der Waals surface area (Å²) >= 11 is 0. The largest absolute Gasteiger partial charge is 0.506 e. The lowest BCUT2D eigenvalue weighted by Crippen LogP contribution is -2.30. The molecular weight excluding hydrogens is 410 g/mol. The first kappa shape index (κ1) is 23.2. The summed E-state index contributed by atoms with van der Waals surface area (Å²) in [6.07, 6.45) is 1.60. The van der Waals surface area contributed by atoms with Crippen molar-refractivity contribution in [3.8, 4) is 17.2 Å². The van der Waals surface area contributed by atoms with Crippen molar-refractivity contribution < 1.29 is 28.9 Å². The van der Waals surface area contributed by atoms with Gasteiger partial charge in [-0.2, -0.15) is 0 Å². The molecule has 1 heterocycles. The second kappa shape index (κ2) is 10.2. The van der Waals surface area contributed by atoms with Gasteiger partial charge < -0.3 is 24.2 Å². The van der Waals surface area contributed by atoms with Crippen LogP contribution < -0.4 is 14.2 Å². The van der Waals surface area contributed by atoms with E-state index in [4.69, 9.17) is 14.2 Å². The summed E-state index contributed by atoms with van der Waals surface area (Å²) in [6, 6.07) is 11.5. The molecule has 2 aromatic carbocycles. The number of benzene rings is 2. The van der Waals surface area contributed by atoms with Crippen molar-refractivity contribution in [3.05, 3.63) is 59.2 Å². The number of Topliss-reactive ketones (excluding diaryl/α,β-unsaturated/α-hetero) is 1. The Bertz CT molecular complexity index is 989. The lowest BCUT2D eigenvalue weighted by Gasteiger charge is -2.25. The van der Waals surface area contributed by atoms with Crippen LogP contribution in [0.2, 0.25) is 0 Å². The Morgan fingerprint density at radius 1 is 1.00 bits per heavy atom. The van der Waals surface area contributed by atoms with Crippen LogP contribution in [0.1, 0.15) is 43.9 Å². The molecule has 0 aliphatic carbocycles. The molecule has 1 atom stereocenters. The lowest BCUT2D eigenvalue weighted by atomic mass is 9.94. The van der Waals surface area contributed by atoms with Gasteiger partial charge in [0.15, 0.2) is 0 Å². The Kier molecular flexibility index (Phi) is 7.41. The van der Waals surface area contributed by atoms with E-state index < -0.39 is 17.7 Å². The summed E-state index contributed by atoms with van der Waals surface area (Å²) in [5.74, 6) is -0.319. The van der Waals surface area contributed by atoms with Crippen LogP contribution in [-0.2, 0) is 9.59 Å². The van der Waals surface area contributed by atoms with Gasteiger partial charge in [-0.25, -0.2) is 0 Å². The Balaban J connectivity index is 2.21. The van der Waals surface area contributed by atoms with Crippen LogP contribution in [0.15, 0.2) is 48.0 Å². The van der Waals surface area contributed by atoms with E-state index in [2.05, 4.69) is 0 Å². The smallest absolute Gasteiger partial charge is 0.295 e. The number of carbonyl (C=O) groups is 2. The standard InChI is InChI=1S/C25H29NO6/c1-5-7-15-26-22(16-11-13-17(14-12-16)32-6-2)21(24(28)25(26)29)23(27)20-18(30-3)9-8-10-19(20)31-4/h8-14,22,27H,5-7,15H2,1-4H3/b23-21+. The van der Waals surface area contributed by atoms with E-state index in [9.17, 15) is 14.7 Å². The van der Waals surface area contributed by atoms with Gasteiger partial charge in [0.1, 0.15) is 28.6 Å². The molecule has 1 N–H and O–H groups in total. The number of hydrogen-bond donors (Lipinski definition) is 1. The highest BCUT2D eigenvalue weighted by atomic mass is 16.5. The van der Waals surface area contributed by atoms with Gasteiger partial charge in [0, 0.05) is 6.54 Å². The van der Waals surface area contributed by atoms with Gasteiger partial charge in [-0.15, -0.1) is 0 Å². The van der Waals surface area contributed by atoms with Crippen molar-refractivity contribution in [1.82, 2.24) is 4.90 Å². The fourth-order valence-corrected chi connectivity index (χ4v) is 3.92. The van der Waals surface area contributed by atoms with Crippen molar-refractivity contribution in [2.45, 2.75) is 32.7 Å². The number of ether oxygens (including phenoxy) is 3. The molecular formula is C25H29NO6. The highest BCUT2D eigenvalue weighted by molar-refractivity contribution is 6.46.